The van der Waals surface area contributed by atoms with Crippen molar-refractivity contribution < 1.29 is 4.74 Å². The topological polar surface area (TPSA) is 21.3 Å². The van der Waals surface area contributed by atoms with E-state index in [2.05, 4.69) is 5.32 Å². The number of nitrogens with one attached hydrogen (secondary N) is 1. The van der Waals surface area contributed by atoms with Crippen molar-refractivity contribution >= 4 is 23.2 Å². The Morgan fingerprint density at radius 3 is 2.84 bits per heavy atom. The summed E-state index contributed by atoms with van der Waals surface area (Å²) in [4.78, 5) is 0. The van der Waals surface area contributed by atoms with Crippen LogP contribution in [0.25, 0.3) is 0 Å². The van der Waals surface area contributed by atoms with Crippen LogP contribution >= 0.6 is 23.2 Å². The fourth-order valence-corrected chi connectivity index (χ4v) is 3.17. The Morgan fingerprint density at radius 1 is 1.37 bits per heavy atom. The van der Waals surface area contributed by atoms with Gasteiger partial charge in [0.15, 0.2) is 0 Å². The lowest BCUT2D eigenvalue weighted by molar-refractivity contribution is 0.00866. The van der Waals surface area contributed by atoms with Gasteiger partial charge in [0.05, 0.1) is 6.10 Å². The largest absolute Gasteiger partial charge is 0.378 e. The van der Waals surface area contributed by atoms with Gasteiger partial charge in [-0.15, -0.1) is 0 Å². The Morgan fingerprint density at radius 2 is 2.21 bits per heavy atom. The zero-order valence-corrected chi connectivity index (χ0v) is 12.8. The Bertz CT molecular complexity index is 405. The van der Waals surface area contributed by atoms with Crippen LogP contribution in [-0.2, 0) is 4.74 Å². The number of rotatable bonds is 5. The quantitative estimate of drug-likeness (QED) is 0.858. The molecule has 0 radical (unpaired) electrons. The third-order valence-corrected chi connectivity index (χ3v) is 4.30. The molecule has 19 heavy (non-hydrogen) atoms. The molecule has 2 nitrogen and oxygen atoms in total. The smallest absolute Gasteiger partial charge is 0.0575 e. The molecule has 1 heterocycles. The maximum Gasteiger partial charge on any atom is 0.0575 e. The molecule has 0 amide bonds. The van der Waals surface area contributed by atoms with E-state index in [0.717, 1.165) is 30.0 Å². The van der Waals surface area contributed by atoms with E-state index in [-0.39, 0.29) is 6.04 Å². The van der Waals surface area contributed by atoms with Gasteiger partial charge >= 0.3 is 0 Å². The van der Waals surface area contributed by atoms with Crippen LogP contribution in [0.15, 0.2) is 18.2 Å². The fourth-order valence-electron chi connectivity index (χ4n) is 2.63. The molecule has 1 fully saturated rings. The normalized spacial score (nSPS) is 21.3. The van der Waals surface area contributed by atoms with Gasteiger partial charge in [0, 0.05) is 22.7 Å². The summed E-state index contributed by atoms with van der Waals surface area (Å²) < 4.78 is 5.78. The van der Waals surface area contributed by atoms with Crippen LogP contribution in [0.4, 0.5) is 0 Å². The van der Waals surface area contributed by atoms with Gasteiger partial charge < -0.3 is 10.1 Å². The zero-order chi connectivity index (χ0) is 13.7. The highest BCUT2D eigenvalue weighted by Crippen LogP contribution is 2.30. The van der Waals surface area contributed by atoms with E-state index in [1.807, 2.05) is 19.2 Å². The number of halogens is 2. The van der Waals surface area contributed by atoms with Crippen LogP contribution in [0.3, 0.4) is 0 Å². The van der Waals surface area contributed by atoms with Gasteiger partial charge in [0.2, 0.25) is 0 Å². The highest BCUT2D eigenvalue weighted by molar-refractivity contribution is 6.35. The van der Waals surface area contributed by atoms with Gasteiger partial charge in [0.25, 0.3) is 0 Å². The molecule has 1 aliphatic heterocycles. The summed E-state index contributed by atoms with van der Waals surface area (Å²) in [5.41, 5.74) is 1.12. The number of hydrogen-bond donors (Lipinski definition) is 1. The molecule has 1 aliphatic rings. The Labute approximate surface area is 125 Å². The summed E-state index contributed by atoms with van der Waals surface area (Å²) in [6.45, 7) is 0.913. The highest BCUT2D eigenvalue weighted by atomic mass is 35.5. The van der Waals surface area contributed by atoms with Crippen molar-refractivity contribution in [3.05, 3.63) is 33.8 Å². The summed E-state index contributed by atoms with van der Waals surface area (Å²) in [5, 5.41) is 4.75. The molecule has 2 atom stereocenters. The van der Waals surface area contributed by atoms with Crippen molar-refractivity contribution in [3.8, 4) is 0 Å². The summed E-state index contributed by atoms with van der Waals surface area (Å²) >= 11 is 12.2. The molecule has 2 rings (SSSR count). The molecule has 0 spiro atoms. The van der Waals surface area contributed by atoms with Crippen LogP contribution in [-0.4, -0.2) is 19.8 Å². The van der Waals surface area contributed by atoms with Crippen LogP contribution in [0.5, 0.6) is 0 Å². The maximum atomic E-state index is 6.27. The molecule has 106 valence electrons. The second-order valence-electron chi connectivity index (χ2n) is 5.07. The first-order valence-corrected chi connectivity index (χ1v) is 7.70. The Balaban J connectivity index is 1.95. The Kier molecular flexibility index (Phi) is 5.96. The number of hydrogen-bond acceptors (Lipinski definition) is 2. The Hall–Kier alpha value is -0.280. The fraction of sp³-hybridized carbons (Fsp3) is 0.600. The third kappa shape index (κ3) is 4.35. The predicted octanol–water partition coefficient (Wildman–Crippen LogP) is 4.60. The minimum absolute atomic E-state index is 0.260. The average Bonchev–Trinajstić information content (AvgIpc) is 2.42. The maximum absolute atomic E-state index is 6.27. The molecule has 4 heteroatoms. The molecule has 0 aromatic heterocycles. The molecular weight excluding hydrogens is 281 g/mol. The summed E-state index contributed by atoms with van der Waals surface area (Å²) in [7, 11) is 1.97. The molecule has 1 saturated heterocycles. The van der Waals surface area contributed by atoms with Crippen molar-refractivity contribution in [1.82, 2.24) is 5.32 Å². The van der Waals surface area contributed by atoms with Crippen molar-refractivity contribution in [2.24, 2.45) is 0 Å². The third-order valence-electron chi connectivity index (χ3n) is 3.74. The molecule has 0 bridgehead atoms. The van der Waals surface area contributed by atoms with Crippen LogP contribution in [0.2, 0.25) is 10.0 Å². The summed E-state index contributed by atoms with van der Waals surface area (Å²) in [6, 6.07) is 5.97. The molecule has 0 aliphatic carbocycles. The second kappa shape index (κ2) is 7.49. The van der Waals surface area contributed by atoms with Crippen molar-refractivity contribution in [3.63, 3.8) is 0 Å². The van der Waals surface area contributed by atoms with Gasteiger partial charge in [-0.25, -0.2) is 0 Å². The van der Waals surface area contributed by atoms with Gasteiger partial charge in [0.1, 0.15) is 0 Å². The lowest BCUT2D eigenvalue weighted by Crippen LogP contribution is -2.23. The van der Waals surface area contributed by atoms with Crippen molar-refractivity contribution in [1.29, 1.82) is 0 Å². The first kappa shape index (κ1) is 15.1. The second-order valence-corrected chi connectivity index (χ2v) is 5.92. The van der Waals surface area contributed by atoms with Crippen molar-refractivity contribution in [2.45, 2.75) is 44.2 Å². The van der Waals surface area contributed by atoms with E-state index in [0.29, 0.717) is 11.1 Å². The van der Waals surface area contributed by atoms with Gasteiger partial charge in [-0.1, -0.05) is 29.3 Å². The molecule has 1 N–H and O–H groups in total. The molecular formula is C15H21Cl2NO. The van der Waals surface area contributed by atoms with Crippen LogP contribution in [0.1, 0.15) is 43.7 Å². The van der Waals surface area contributed by atoms with E-state index in [9.17, 15) is 0 Å². The lowest BCUT2D eigenvalue weighted by Gasteiger charge is -2.25. The first-order valence-electron chi connectivity index (χ1n) is 6.94. The van der Waals surface area contributed by atoms with E-state index in [1.54, 1.807) is 6.07 Å². The van der Waals surface area contributed by atoms with E-state index in [1.165, 1.54) is 19.3 Å². The average molecular weight is 302 g/mol. The minimum atomic E-state index is 0.260. The van der Waals surface area contributed by atoms with Crippen LogP contribution in [0, 0.1) is 0 Å². The molecule has 2 unspecified atom stereocenters. The molecule has 1 aromatic carbocycles. The lowest BCUT2D eigenvalue weighted by atomic mass is 9.97. The van der Waals surface area contributed by atoms with Gasteiger partial charge in [-0.2, -0.15) is 0 Å². The summed E-state index contributed by atoms with van der Waals surface area (Å²) in [6.07, 6.45) is 6.19. The predicted molar refractivity (Wildman–Crippen MR) is 81.1 cm³/mol. The first-order chi connectivity index (χ1) is 9.20. The highest BCUT2D eigenvalue weighted by Gasteiger charge is 2.18. The number of benzene rings is 1. The minimum Gasteiger partial charge on any atom is -0.378 e. The van der Waals surface area contributed by atoms with E-state index in [4.69, 9.17) is 27.9 Å². The molecule has 1 aromatic rings. The van der Waals surface area contributed by atoms with Gasteiger partial charge in [-0.3, -0.25) is 0 Å². The molecule has 0 saturated carbocycles. The number of ether oxygens (including phenoxy) is 1. The summed E-state index contributed by atoms with van der Waals surface area (Å²) in [5.74, 6) is 0. The van der Waals surface area contributed by atoms with E-state index >= 15 is 0 Å². The van der Waals surface area contributed by atoms with Gasteiger partial charge in [-0.05, 0) is 56.8 Å². The standard InChI is InChI=1S/C15H21Cl2NO/c1-18-15(8-6-12-4-2-3-9-19-12)13-7-5-11(16)10-14(13)17/h5,7,10,12,15,18H,2-4,6,8-9H2,1H3. The zero-order valence-electron chi connectivity index (χ0n) is 11.3. The monoisotopic (exact) mass is 301 g/mol. The van der Waals surface area contributed by atoms with Crippen molar-refractivity contribution in [2.75, 3.05) is 13.7 Å². The van der Waals surface area contributed by atoms with Crippen LogP contribution < -0.4 is 5.32 Å². The SMILES string of the molecule is CNC(CCC1CCCCO1)c1ccc(Cl)cc1Cl. The van der Waals surface area contributed by atoms with E-state index < -0.39 is 0 Å².